The highest BCUT2D eigenvalue weighted by Crippen LogP contribution is 2.41. The van der Waals surface area contributed by atoms with Crippen LogP contribution in [0.3, 0.4) is 0 Å². The molecule has 0 bridgehead atoms. The van der Waals surface area contributed by atoms with Gasteiger partial charge in [0.2, 0.25) is 0 Å². The number of hydrogen-bond acceptors (Lipinski definition) is 3. The zero-order valence-corrected chi connectivity index (χ0v) is 8.41. The molecule has 3 heteroatoms. The standard InChI is InChI=1S/C10H18O3/c1-3-9-10(4-2,13-9)7-11-5-8-6-12-8/h8-9H,3-7H2,1-2H3. The van der Waals surface area contributed by atoms with Gasteiger partial charge in [-0.25, -0.2) is 0 Å². The molecule has 0 spiro atoms. The molecular weight excluding hydrogens is 168 g/mol. The van der Waals surface area contributed by atoms with E-state index in [2.05, 4.69) is 13.8 Å². The minimum absolute atomic E-state index is 0.0453. The Morgan fingerprint density at radius 2 is 2.23 bits per heavy atom. The Kier molecular flexibility index (Phi) is 2.58. The molecule has 3 unspecified atom stereocenters. The van der Waals surface area contributed by atoms with Crippen LogP contribution in [0.15, 0.2) is 0 Å². The predicted molar refractivity (Wildman–Crippen MR) is 48.7 cm³/mol. The van der Waals surface area contributed by atoms with E-state index in [1.54, 1.807) is 0 Å². The van der Waals surface area contributed by atoms with Crippen molar-refractivity contribution in [3.05, 3.63) is 0 Å². The van der Waals surface area contributed by atoms with Crippen molar-refractivity contribution in [1.29, 1.82) is 0 Å². The number of epoxide rings is 2. The van der Waals surface area contributed by atoms with Gasteiger partial charge in [0.25, 0.3) is 0 Å². The van der Waals surface area contributed by atoms with Crippen LogP contribution in [0.4, 0.5) is 0 Å². The largest absolute Gasteiger partial charge is 0.376 e. The van der Waals surface area contributed by atoms with E-state index in [0.29, 0.717) is 12.2 Å². The molecular formula is C10H18O3. The number of rotatable bonds is 6. The molecule has 76 valence electrons. The van der Waals surface area contributed by atoms with Gasteiger partial charge in [-0.05, 0) is 12.8 Å². The third-order valence-electron chi connectivity index (χ3n) is 2.93. The second-order valence-electron chi connectivity index (χ2n) is 3.90. The van der Waals surface area contributed by atoms with Gasteiger partial charge in [0.1, 0.15) is 11.7 Å². The van der Waals surface area contributed by atoms with E-state index in [0.717, 1.165) is 32.7 Å². The first-order chi connectivity index (χ1) is 6.30. The molecule has 0 radical (unpaired) electrons. The Morgan fingerprint density at radius 3 is 2.69 bits per heavy atom. The van der Waals surface area contributed by atoms with Gasteiger partial charge >= 0.3 is 0 Å². The molecule has 2 heterocycles. The second-order valence-corrected chi connectivity index (χ2v) is 3.90. The van der Waals surface area contributed by atoms with Crippen molar-refractivity contribution < 1.29 is 14.2 Å². The van der Waals surface area contributed by atoms with Crippen molar-refractivity contribution in [2.75, 3.05) is 19.8 Å². The fourth-order valence-electron chi connectivity index (χ4n) is 1.77. The van der Waals surface area contributed by atoms with Crippen LogP contribution in [-0.4, -0.2) is 37.6 Å². The van der Waals surface area contributed by atoms with Crippen LogP contribution in [0.2, 0.25) is 0 Å². The van der Waals surface area contributed by atoms with E-state index in [1.165, 1.54) is 0 Å². The van der Waals surface area contributed by atoms with Crippen LogP contribution >= 0.6 is 0 Å². The van der Waals surface area contributed by atoms with Crippen molar-refractivity contribution >= 4 is 0 Å². The molecule has 2 rings (SSSR count). The molecule has 2 fully saturated rings. The van der Waals surface area contributed by atoms with Gasteiger partial charge in [-0.1, -0.05) is 13.8 Å². The van der Waals surface area contributed by atoms with Crippen LogP contribution < -0.4 is 0 Å². The Hall–Kier alpha value is -0.120. The average molecular weight is 186 g/mol. The summed E-state index contributed by atoms with van der Waals surface area (Å²) >= 11 is 0. The predicted octanol–water partition coefficient (Wildman–Crippen LogP) is 1.36. The highest BCUT2D eigenvalue weighted by molar-refractivity contribution is 5.01. The van der Waals surface area contributed by atoms with Crippen LogP contribution in [-0.2, 0) is 14.2 Å². The average Bonchev–Trinajstić information content (AvgIpc) is 3.00. The lowest BCUT2D eigenvalue weighted by Crippen LogP contribution is -2.23. The maximum atomic E-state index is 5.64. The summed E-state index contributed by atoms with van der Waals surface area (Å²) in [5, 5.41) is 0. The molecule has 2 aliphatic heterocycles. The van der Waals surface area contributed by atoms with E-state index in [4.69, 9.17) is 14.2 Å². The van der Waals surface area contributed by atoms with Gasteiger partial charge < -0.3 is 14.2 Å². The van der Waals surface area contributed by atoms with E-state index >= 15 is 0 Å². The van der Waals surface area contributed by atoms with Gasteiger partial charge in [-0.3, -0.25) is 0 Å². The highest BCUT2D eigenvalue weighted by Gasteiger charge is 2.53. The van der Waals surface area contributed by atoms with Crippen LogP contribution in [0.25, 0.3) is 0 Å². The molecule has 13 heavy (non-hydrogen) atoms. The van der Waals surface area contributed by atoms with Crippen LogP contribution in [0, 0.1) is 0 Å². The minimum Gasteiger partial charge on any atom is -0.376 e. The van der Waals surface area contributed by atoms with E-state index in [-0.39, 0.29) is 5.60 Å². The summed E-state index contributed by atoms with van der Waals surface area (Å²) in [6, 6.07) is 0. The second kappa shape index (κ2) is 3.56. The van der Waals surface area contributed by atoms with Gasteiger partial charge in [-0.15, -0.1) is 0 Å². The smallest absolute Gasteiger partial charge is 0.118 e. The molecule has 3 nitrogen and oxygen atoms in total. The minimum atomic E-state index is 0.0453. The van der Waals surface area contributed by atoms with Crippen molar-refractivity contribution in [3.63, 3.8) is 0 Å². The SMILES string of the molecule is CCC1OC1(CC)COCC1CO1. The van der Waals surface area contributed by atoms with Gasteiger partial charge in [0.15, 0.2) is 0 Å². The number of hydrogen-bond donors (Lipinski definition) is 0. The summed E-state index contributed by atoms with van der Waals surface area (Å²) < 4.78 is 16.3. The summed E-state index contributed by atoms with van der Waals surface area (Å²) in [6.45, 7) is 6.67. The van der Waals surface area contributed by atoms with Crippen molar-refractivity contribution in [3.8, 4) is 0 Å². The molecule has 0 saturated carbocycles. The molecule has 3 atom stereocenters. The third kappa shape index (κ3) is 2.03. The third-order valence-corrected chi connectivity index (χ3v) is 2.93. The van der Waals surface area contributed by atoms with Crippen molar-refractivity contribution in [2.24, 2.45) is 0 Å². The normalized spacial score (nSPS) is 42.0. The van der Waals surface area contributed by atoms with Gasteiger partial charge in [-0.2, -0.15) is 0 Å². The summed E-state index contributed by atoms with van der Waals surface area (Å²) in [5.41, 5.74) is 0.0453. The monoisotopic (exact) mass is 186 g/mol. The molecule has 2 saturated heterocycles. The van der Waals surface area contributed by atoms with Gasteiger partial charge in [0, 0.05) is 0 Å². The summed E-state index contributed by atoms with van der Waals surface area (Å²) in [4.78, 5) is 0. The first kappa shape index (κ1) is 9.44. The topological polar surface area (TPSA) is 34.3 Å². The zero-order valence-electron chi connectivity index (χ0n) is 8.41. The van der Waals surface area contributed by atoms with Crippen molar-refractivity contribution in [2.45, 2.75) is 44.5 Å². The first-order valence-corrected chi connectivity index (χ1v) is 5.18. The molecule has 0 aromatic heterocycles. The fourth-order valence-corrected chi connectivity index (χ4v) is 1.77. The maximum Gasteiger partial charge on any atom is 0.118 e. The highest BCUT2D eigenvalue weighted by atomic mass is 16.6. The molecule has 0 aromatic carbocycles. The Bertz CT molecular complexity index is 179. The van der Waals surface area contributed by atoms with Crippen LogP contribution in [0.5, 0.6) is 0 Å². The summed E-state index contributed by atoms with van der Waals surface area (Å²) in [5.74, 6) is 0. The van der Waals surface area contributed by atoms with Crippen LogP contribution in [0.1, 0.15) is 26.7 Å². The molecule has 0 aliphatic carbocycles. The zero-order chi connectivity index (χ0) is 9.31. The van der Waals surface area contributed by atoms with E-state index < -0.39 is 0 Å². The number of ether oxygens (including phenoxy) is 3. The van der Waals surface area contributed by atoms with E-state index in [9.17, 15) is 0 Å². The Labute approximate surface area is 79.4 Å². The lowest BCUT2D eigenvalue weighted by atomic mass is 10.0. The fraction of sp³-hybridized carbons (Fsp3) is 1.00. The maximum absolute atomic E-state index is 5.64. The molecule has 0 amide bonds. The quantitative estimate of drug-likeness (QED) is 0.587. The lowest BCUT2D eigenvalue weighted by Gasteiger charge is -2.09. The van der Waals surface area contributed by atoms with Crippen molar-refractivity contribution in [1.82, 2.24) is 0 Å². The molecule has 2 aliphatic rings. The first-order valence-electron chi connectivity index (χ1n) is 5.18. The van der Waals surface area contributed by atoms with Gasteiger partial charge in [0.05, 0.1) is 25.9 Å². The Morgan fingerprint density at radius 1 is 1.46 bits per heavy atom. The molecule has 0 aromatic rings. The Balaban J connectivity index is 1.66. The lowest BCUT2D eigenvalue weighted by molar-refractivity contribution is 0.0665. The van der Waals surface area contributed by atoms with E-state index in [1.807, 2.05) is 0 Å². The summed E-state index contributed by atoms with van der Waals surface area (Å²) in [7, 11) is 0. The summed E-state index contributed by atoms with van der Waals surface area (Å²) in [6.07, 6.45) is 2.94. The molecule has 0 N–H and O–H groups in total.